The molecule has 2 fully saturated rings. The number of hydrogen-bond donors (Lipinski definition) is 3. The fraction of sp³-hybridized carbons (Fsp3) is 0.464. The number of carboxylic acid groups (broad SMARTS) is 2. The summed E-state index contributed by atoms with van der Waals surface area (Å²) in [5.74, 6) is -6.68. The molecule has 2 aromatic rings. The topological polar surface area (TPSA) is 110 Å². The van der Waals surface area contributed by atoms with Gasteiger partial charge in [0.1, 0.15) is 23.1 Å². The molecule has 3 N–H and O–H groups in total. The minimum absolute atomic E-state index is 0.00712. The van der Waals surface area contributed by atoms with E-state index in [2.05, 4.69) is 11.4 Å². The lowest BCUT2D eigenvalue weighted by Crippen LogP contribution is -2.49. The second-order valence-corrected chi connectivity index (χ2v) is 11.1. The first-order chi connectivity index (χ1) is 19.2. The Labute approximate surface area is 243 Å². The Bertz CT molecular complexity index is 1330. The smallest absolute Gasteiger partial charge is 0.480 e. The maximum atomic E-state index is 15.5. The normalized spacial score (nSPS) is 25.5. The van der Waals surface area contributed by atoms with Gasteiger partial charge in [-0.2, -0.15) is 18.4 Å². The molecule has 222 valence electrons. The monoisotopic (exact) mass is 620 g/mol. The van der Waals surface area contributed by atoms with Gasteiger partial charge < -0.3 is 10.2 Å². The van der Waals surface area contributed by atoms with Gasteiger partial charge in [0.05, 0.1) is 11.1 Å². The number of halogens is 7. The Morgan fingerprint density at radius 2 is 1.71 bits per heavy atom. The van der Waals surface area contributed by atoms with Crippen LogP contribution in [0.25, 0.3) is 0 Å². The third-order valence-electron chi connectivity index (χ3n) is 7.98. The number of benzene rings is 2. The standard InChI is InChI=1S/C26H26Cl2F2N2O2.C2HF3O2/c1-14(15-6-3-2-4-7-15)24-26(13-31,18-11-10-16(27)12-20(18)29)21(23(32-24)25(33)34)17-8-5-9-19(28)22(17)30;3-2(4,5)1(6)7/h5,8-12,14-15,21,23-24,32H,2-4,6-7H2,1H3,(H,33,34);(H,6,7). The zero-order valence-electron chi connectivity index (χ0n) is 21.7. The maximum absolute atomic E-state index is 15.5. The lowest BCUT2D eigenvalue weighted by molar-refractivity contribution is -0.192. The molecule has 13 heteroatoms. The van der Waals surface area contributed by atoms with Crippen molar-refractivity contribution in [1.82, 2.24) is 5.32 Å². The van der Waals surface area contributed by atoms with Crippen LogP contribution in [-0.4, -0.2) is 40.4 Å². The number of nitrogens with zero attached hydrogens (tertiary/aromatic N) is 1. The first kappa shape index (κ1) is 32.6. The van der Waals surface area contributed by atoms with E-state index in [-0.39, 0.29) is 33.0 Å². The van der Waals surface area contributed by atoms with Gasteiger partial charge in [0.25, 0.3) is 0 Å². The van der Waals surface area contributed by atoms with Gasteiger partial charge in [-0.15, -0.1) is 0 Å². The predicted molar refractivity (Wildman–Crippen MR) is 141 cm³/mol. The SMILES string of the molecule is CC(C1CCCCC1)C1NC(C(=O)O)C(c2cccc(Cl)c2F)C1(C#N)c1ccc(Cl)cc1F.O=C(O)C(F)(F)F. The third-order valence-corrected chi connectivity index (χ3v) is 8.51. The van der Waals surface area contributed by atoms with Crippen molar-refractivity contribution in [2.75, 3.05) is 0 Å². The number of rotatable bonds is 5. The summed E-state index contributed by atoms with van der Waals surface area (Å²) < 4.78 is 62.6. The highest BCUT2D eigenvalue weighted by atomic mass is 35.5. The average molecular weight is 621 g/mol. The van der Waals surface area contributed by atoms with Crippen LogP contribution in [0.1, 0.15) is 56.1 Å². The minimum atomic E-state index is -5.08. The van der Waals surface area contributed by atoms with Crippen molar-refractivity contribution in [3.05, 3.63) is 69.2 Å². The molecular formula is C28H27Cl2F5N2O4. The van der Waals surface area contributed by atoms with Crippen LogP contribution in [0, 0.1) is 34.8 Å². The molecule has 1 heterocycles. The van der Waals surface area contributed by atoms with Crippen molar-refractivity contribution >= 4 is 35.1 Å². The van der Waals surface area contributed by atoms with Crippen LogP contribution >= 0.6 is 23.2 Å². The first-order valence-corrected chi connectivity index (χ1v) is 13.5. The van der Waals surface area contributed by atoms with E-state index in [9.17, 15) is 28.3 Å². The summed E-state index contributed by atoms with van der Waals surface area (Å²) in [6.07, 6.45) is 0.0248. The molecule has 0 radical (unpaired) electrons. The van der Waals surface area contributed by atoms with E-state index in [0.717, 1.165) is 38.2 Å². The second kappa shape index (κ2) is 12.9. The van der Waals surface area contributed by atoms with Crippen LogP contribution in [-0.2, 0) is 15.0 Å². The lowest BCUT2D eigenvalue weighted by atomic mass is 9.60. The predicted octanol–water partition coefficient (Wildman–Crippen LogP) is 7.09. The van der Waals surface area contributed by atoms with Gasteiger partial charge in [0.2, 0.25) is 0 Å². The maximum Gasteiger partial charge on any atom is 0.490 e. The molecule has 4 rings (SSSR count). The van der Waals surface area contributed by atoms with Crippen molar-refractivity contribution < 1.29 is 41.8 Å². The molecule has 0 spiro atoms. The summed E-state index contributed by atoms with van der Waals surface area (Å²) in [6.45, 7) is 1.98. The summed E-state index contributed by atoms with van der Waals surface area (Å²) in [5, 5.41) is 31.1. The molecule has 2 aliphatic rings. The largest absolute Gasteiger partial charge is 0.490 e. The van der Waals surface area contributed by atoms with Gasteiger partial charge in [0.15, 0.2) is 0 Å². The molecule has 1 saturated carbocycles. The fourth-order valence-electron chi connectivity index (χ4n) is 6.13. The zero-order chi connectivity index (χ0) is 30.7. The number of carbonyl (C=O) groups is 2. The van der Waals surface area contributed by atoms with Gasteiger partial charge in [-0.3, -0.25) is 10.1 Å². The molecule has 1 saturated heterocycles. The Morgan fingerprint density at radius 1 is 1.10 bits per heavy atom. The van der Waals surface area contributed by atoms with Crippen LogP contribution in [0.3, 0.4) is 0 Å². The van der Waals surface area contributed by atoms with E-state index in [0.29, 0.717) is 0 Å². The number of alkyl halides is 3. The number of carboxylic acids is 2. The van der Waals surface area contributed by atoms with Gasteiger partial charge in [-0.25, -0.2) is 13.6 Å². The van der Waals surface area contributed by atoms with Crippen LogP contribution in [0.4, 0.5) is 22.0 Å². The summed E-state index contributed by atoms with van der Waals surface area (Å²) in [7, 11) is 0. The summed E-state index contributed by atoms with van der Waals surface area (Å²) in [5.41, 5.74) is -1.73. The van der Waals surface area contributed by atoms with Crippen molar-refractivity contribution in [3.63, 3.8) is 0 Å². The van der Waals surface area contributed by atoms with Gasteiger partial charge >= 0.3 is 18.1 Å². The molecule has 1 aliphatic heterocycles. The van der Waals surface area contributed by atoms with Crippen molar-refractivity contribution in [2.45, 2.75) is 68.6 Å². The van der Waals surface area contributed by atoms with E-state index in [1.807, 2.05) is 6.92 Å². The highest BCUT2D eigenvalue weighted by Crippen LogP contribution is 2.53. The van der Waals surface area contributed by atoms with Crippen LogP contribution < -0.4 is 5.32 Å². The van der Waals surface area contributed by atoms with Crippen molar-refractivity contribution in [2.24, 2.45) is 11.8 Å². The highest BCUT2D eigenvalue weighted by Gasteiger charge is 2.62. The third kappa shape index (κ3) is 6.60. The van der Waals surface area contributed by atoms with Gasteiger partial charge in [-0.05, 0) is 35.6 Å². The minimum Gasteiger partial charge on any atom is -0.480 e. The van der Waals surface area contributed by atoms with E-state index in [1.54, 1.807) is 0 Å². The van der Waals surface area contributed by atoms with Crippen LogP contribution in [0.15, 0.2) is 36.4 Å². The molecule has 5 unspecified atom stereocenters. The second-order valence-electron chi connectivity index (χ2n) is 10.2. The van der Waals surface area contributed by atoms with E-state index in [4.69, 9.17) is 33.1 Å². The quantitative estimate of drug-likeness (QED) is 0.308. The lowest BCUT2D eigenvalue weighted by Gasteiger charge is -2.40. The first-order valence-electron chi connectivity index (χ1n) is 12.8. The molecule has 5 atom stereocenters. The van der Waals surface area contributed by atoms with E-state index in [1.165, 1.54) is 30.3 Å². The molecule has 0 aromatic heterocycles. The van der Waals surface area contributed by atoms with E-state index < -0.39 is 53.2 Å². The molecule has 0 amide bonds. The summed E-state index contributed by atoms with van der Waals surface area (Å²) in [6, 6.07) is 8.53. The molecule has 41 heavy (non-hydrogen) atoms. The van der Waals surface area contributed by atoms with Gasteiger partial charge in [0, 0.05) is 22.5 Å². The number of hydrogen-bond acceptors (Lipinski definition) is 4. The van der Waals surface area contributed by atoms with Crippen LogP contribution in [0.2, 0.25) is 10.0 Å². The molecule has 0 bridgehead atoms. The van der Waals surface area contributed by atoms with E-state index >= 15 is 8.78 Å². The number of nitrogens with one attached hydrogen (secondary N) is 1. The average Bonchev–Trinajstić information content (AvgIpc) is 3.26. The number of nitriles is 1. The summed E-state index contributed by atoms with van der Waals surface area (Å²) in [4.78, 5) is 21.4. The zero-order valence-corrected chi connectivity index (χ0v) is 23.2. The Morgan fingerprint density at radius 3 is 2.22 bits per heavy atom. The van der Waals surface area contributed by atoms with Gasteiger partial charge in [-0.1, -0.05) is 80.4 Å². The van der Waals surface area contributed by atoms with Crippen molar-refractivity contribution in [1.29, 1.82) is 5.26 Å². The van der Waals surface area contributed by atoms with Crippen LogP contribution in [0.5, 0.6) is 0 Å². The summed E-state index contributed by atoms with van der Waals surface area (Å²) >= 11 is 12.1. The highest BCUT2D eigenvalue weighted by molar-refractivity contribution is 6.31. The number of aliphatic carboxylic acids is 2. The molecule has 1 aliphatic carbocycles. The molecule has 2 aromatic carbocycles. The Kier molecular flexibility index (Phi) is 10.3. The van der Waals surface area contributed by atoms with Crippen molar-refractivity contribution in [3.8, 4) is 6.07 Å². The Hall–Kier alpha value is -2.94. The molecule has 6 nitrogen and oxygen atoms in total. The Balaban J connectivity index is 0.000000587. The molecular weight excluding hydrogens is 594 g/mol. The fourth-order valence-corrected chi connectivity index (χ4v) is 6.48.